The Morgan fingerprint density at radius 2 is 1.90 bits per heavy atom. The van der Waals surface area contributed by atoms with Gasteiger partial charge in [-0.2, -0.15) is 13.2 Å². The third kappa shape index (κ3) is 8.61. The molecule has 1 aliphatic heterocycles. The predicted octanol–water partition coefficient (Wildman–Crippen LogP) is 5.09. The lowest BCUT2D eigenvalue weighted by Gasteiger charge is -2.33. The highest BCUT2D eigenvalue weighted by Crippen LogP contribution is 2.34. The molecule has 1 aromatic carbocycles. The number of alkyl halides is 3. The van der Waals surface area contributed by atoms with E-state index >= 15 is 0 Å². The summed E-state index contributed by atoms with van der Waals surface area (Å²) in [6, 6.07) is 5.61. The number of benzene rings is 1. The van der Waals surface area contributed by atoms with E-state index in [-0.39, 0.29) is 39.8 Å². The number of nitrogens with zero attached hydrogens (tertiary/aromatic N) is 3. The molecule has 0 saturated carbocycles. The lowest BCUT2D eigenvalue weighted by molar-refractivity contribution is -0.138. The van der Waals surface area contributed by atoms with Crippen molar-refractivity contribution >= 4 is 34.7 Å². The molecule has 1 saturated heterocycles. The number of carbonyl (C=O) groups is 1. The number of pyridine rings is 1. The number of carbonyl (C=O) groups excluding carboxylic acids is 1. The SMILES string of the molecule is C=C(C#Cc1cc(NC)cnc1N)/C(Cl)=C\C=C(/C)C(=O)Nc1ccc(CN2CCN(C)CC2)c(C(F)(F)F)c1. The number of likely N-dealkylation sites (N-methyl/N-ethyl adjacent to an activating group) is 1. The molecule has 4 N–H and O–H groups in total. The number of halogens is 4. The molecule has 2 aromatic rings. The van der Waals surface area contributed by atoms with Gasteiger partial charge in [0.25, 0.3) is 5.91 Å². The van der Waals surface area contributed by atoms with Gasteiger partial charge in [0.15, 0.2) is 0 Å². The highest BCUT2D eigenvalue weighted by Gasteiger charge is 2.34. The fourth-order valence-corrected chi connectivity index (χ4v) is 3.93. The van der Waals surface area contributed by atoms with Crippen molar-refractivity contribution < 1.29 is 18.0 Å². The Bertz CT molecular complexity index is 1380. The van der Waals surface area contributed by atoms with Crippen LogP contribution in [0.2, 0.25) is 0 Å². The number of rotatable bonds is 7. The number of nitrogens with two attached hydrogens (primary N) is 1. The molecule has 0 spiro atoms. The van der Waals surface area contributed by atoms with Crippen LogP contribution >= 0.6 is 11.6 Å². The highest BCUT2D eigenvalue weighted by atomic mass is 35.5. The number of nitrogens with one attached hydrogen (secondary N) is 2. The van der Waals surface area contributed by atoms with E-state index in [0.29, 0.717) is 18.7 Å². The maximum absolute atomic E-state index is 13.9. The lowest BCUT2D eigenvalue weighted by atomic mass is 10.0. The van der Waals surface area contributed by atoms with Crippen LogP contribution in [-0.4, -0.2) is 61.0 Å². The summed E-state index contributed by atoms with van der Waals surface area (Å²) in [7, 11) is 3.73. The minimum absolute atomic E-state index is 0.0487. The zero-order valence-corrected chi connectivity index (χ0v) is 23.4. The van der Waals surface area contributed by atoms with Gasteiger partial charge >= 0.3 is 6.18 Å². The number of hydrogen-bond acceptors (Lipinski definition) is 6. The first-order valence-electron chi connectivity index (χ1n) is 12.5. The van der Waals surface area contributed by atoms with Crippen LogP contribution in [0.5, 0.6) is 0 Å². The molecule has 1 fully saturated rings. The Hall–Kier alpha value is -3.78. The summed E-state index contributed by atoms with van der Waals surface area (Å²) in [4.78, 5) is 20.9. The van der Waals surface area contributed by atoms with Gasteiger partial charge in [0, 0.05) is 56.6 Å². The molecule has 2 heterocycles. The number of nitrogen functional groups attached to an aromatic ring is 1. The summed E-state index contributed by atoms with van der Waals surface area (Å²) in [5.41, 5.74) is 7.05. The first-order valence-corrected chi connectivity index (χ1v) is 12.9. The minimum atomic E-state index is -4.56. The van der Waals surface area contributed by atoms with Crippen molar-refractivity contribution in [2.24, 2.45) is 0 Å². The van der Waals surface area contributed by atoms with Gasteiger partial charge in [-0.3, -0.25) is 9.69 Å². The molecule has 7 nitrogen and oxygen atoms in total. The van der Waals surface area contributed by atoms with E-state index in [1.807, 2.05) is 11.9 Å². The fraction of sp³-hybridized carbons (Fsp3) is 0.310. The molecule has 0 bridgehead atoms. The van der Waals surface area contributed by atoms with E-state index in [2.05, 4.69) is 38.9 Å². The number of anilines is 3. The molecule has 0 aliphatic carbocycles. The molecule has 1 aliphatic rings. The molecule has 0 radical (unpaired) electrons. The zero-order chi connectivity index (χ0) is 29.4. The molecular weight excluding hydrogens is 541 g/mol. The average Bonchev–Trinajstić information content (AvgIpc) is 2.92. The van der Waals surface area contributed by atoms with Crippen LogP contribution in [0.4, 0.5) is 30.4 Å². The van der Waals surface area contributed by atoms with Gasteiger partial charge in [-0.25, -0.2) is 4.98 Å². The number of allylic oxidation sites excluding steroid dienone is 4. The van der Waals surface area contributed by atoms with E-state index in [9.17, 15) is 18.0 Å². The van der Waals surface area contributed by atoms with Crippen LogP contribution in [0, 0.1) is 11.8 Å². The van der Waals surface area contributed by atoms with Crippen molar-refractivity contribution in [1.29, 1.82) is 0 Å². The summed E-state index contributed by atoms with van der Waals surface area (Å²) in [5.74, 6) is 5.36. The van der Waals surface area contributed by atoms with Crippen molar-refractivity contribution in [3.63, 3.8) is 0 Å². The van der Waals surface area contributed by atoms with Gasteiger partial charge in [-0.05, 0) is 43.8 Å². The van der Waals surface area contributed by atoms with Gasteiger partial charge in [0.1, 0.15) is 5.82 Å². The quantitative estimate of drug-likeness (QED) is 0.243. The standard InChI is InChI=1S/C29H32ClF3N6O/c1-19(5-7-21-15-24(35-3)17-36-27(21)34)26(30)10-6-20(2)28(40)37-23-9-8-22(25(16-23)29(31,32)33)18-39-13-11-38(4)12-14-39/h6,8-10,15-17,35H,1,11-14,18H2,2-4H3,(H2,34,36)(H,37,40)/b20-6+,26-10+. The molecule has 0 unspecified atom stereocenters. The Morgan fingerprint density at radius 1 is 1.20 bits per heavy atom. The topological polar surface area (TPSA) is 86.5 Å². The molecular formula is C29H32ClF3N6O. The van der Waals surface area contributed by atoms with Crippen molar-refractivity contribution in [1.82, 2.24) is 14.8 Å². The van der Waals surface area contributed by atoms with E-state index < -0.39 is 17.6 Å². The Kier molecular flexibility index (Phi) is 10.4. The van der Waals surface area contributed by atoms with Crippen LogP contribution in [0.3, 0.4) is 0 Å². The summed E-state index contributed by atoms with van der Waals surface area (Å²) in [6.45, 7) is 8.53. The van der Waals surface area contributed by atoms with Crippen molar-refractivity contribution in [3.8, 4) is 11.8 Å². The summed E-state index contributed by atoms with van der Waals surface area (Å²) >= 11 is 6.27. The third-order valence-electron chi connectivity index (χ3n) is 6.34. The Balaban J connectivity index is 1.69. The minimum Gasteiger partial charge on any atom is -0.387 e. The third-order valence-corrected chi connectivity index (χ3v) is 6.70. The number of aromatic nitrogens is 1. The van der Waals surface area contributed by atoms with E-state index in [0.717, 1.165) is 24.8 Å². The highest BCUT2D eigenvalue weighted by molar-refractivity contribution is 6.32. The maximum atomic E-state index is 13.9. The van der Waals surface area contributed by atoms with E-state index in [4.69, 9.17) is 17.3 Å². The van der Waals surface area contributed by atoms with Gasteiger partial charge in [-0.1, -0.05) is 42.2 Å². The second kappa shape index (κ2) is 13.5. The predicted molar refractivity (Wildman–Crippen MR) is 155 cm³/mol. The molecule has 212 valence electrons. The molecule has 40 heavy (non-hydrogen) atoms. The van der Waals surface area contributed by atoms with Crippen LogP contribution in [0.1, 0.15) is 23.6 Å². The second-order valence-electron chi connectivity index (χ2n) is 9.40. The summed E-state index contributed by atoms with van der Waals surface area (Å²) < 4.78 is 41.6. The van der Waals surface area contributed by atoms with Gasteiger partial charge in [0.05, 0.1) is 28.0 Å². The number of amides is 1. The number of hydrogen-bond donors (Lipinski definition) is 3. The van der Waals surface area contributed by atoms with Crippen molar-refractivity contribution in [2.45, 2.75) is 19.6 Å². The molecule has 1 amide bonds. The summed E-state index contributed by atoms with van der Waals surface area (Å²) in [6.07, 6.45) is -0.0953. The van der Waals surface area contributed by atoms with Crippen LogP contribution in [-0.2, 0) is 17.5 Å². The lowest BCUT2D eigenvalue weighted by Crippen LogP contribution is -2.44. The van der Waals surface area contributed by atoms with Gasteiger partial charge < -0.3 is 21.3 Å². The van der Waals surface area contributed by atoms with Gasteiger partial charge in [0.2, 0.25) is 0 Å². The fourth-order valence-electron chi connectivity index (χ4n) is 3.82. The molecule has 3 rings (SSSR count). The molecule has 0 atom stereocenters. The molecule has 11 heteroatoms. The maximum Gasteiger partial charge on any atom is 0.416 e. The van der Waals surface area contributed by atoms with Gasteiger partial charge in [-0.15, -0.1) is 0 Å². The van der Waals surface area contributed by atoms with E-state index in [1.165, 1.54) is 31.2 Å². The van der Waals surface area contributed by atoms with Crippen LogP contribution < -0.4 is 16.4 Å². The van der Waals surface area contributed by atoms with Crippen molar-refractivity contribution in [2.75, 3.05) is 56.6 Å². The summed E-state index contributed by atoms with van der Waals surface area (Å²) in [5, 5.41) is 5.66. The first-order chi connectivity index (χ1) is 18.9. The monoisotopic (exact) mass is 572 g/mol. The number of piperazine rings is 1. The van der Waals surface area contributed by atoms with Crippen LogP contribution in [0.15, 0.2) is 65.4 Å². The Morgan fingerprint density at radius 3 is 2.55 bits per heavy atom. The molecule has 1 aromatic heterocycles. The second-order valence-corrected chi connectivity index (χ2v) is 9.81. The largest absolute Gasteiger partial charge is 0.416 e. The zero-order valence-electron chi connectivity index (χ0n) is 22.6. The van der Waals surface area contributed by atoms with Crippen LogP contribution in [0.25, 0.3) is 0 Å². The van der Waals surface area contributed by atoms with E-state index in [1.54, 1.807) is 19.3 Å². The average molecular weight is 573 g/mol. The first kappa shape index (κ1) is 30.8. The smallest absolute Gasteiger partial charge is 0.387 e. The Labute approximate surface area is 237 Å². The van der Waals surface area contributed by atoms with Crippen molar-refractivity contribution in [3.05, 3.63) is 82.1 Å². The normalized spacial score (nSPS) is 15.3.